The maximum Gasteiger partial charge on any atom is 0.110 e. The molecule has 66 valence electrons. The van der Waals surface area contributed by atoms with Crippen molar-refractivity contribution in [3.05, 3.63) is 0 Å². The van der Waals surface area contributed by atoms with Crippen LogP contribution in [0.5, 0.6) is 0 Å². The molecule has 0 radical (unpaired) electrons. The SMILES string of the molecule is CC(C)(C)S(=N)(=O)NC1CC1. The van der Waals surface area contributed by atoms with Crippen molar-refractivity contribution in [3.8, 4) is 0 Å². The minimum atomic E-state index is -2.58. The van der Waals surface area contributed by atoms with E-state index in [-0.39, 0.29) is 0 Å². The van der Waals surface area contributed by atoms with Crippen molar-refractivity contribution in [3.63, 3.8) is 0 Å². The fourth-order valence-corrected chi connectivity index (χ4v) is 1.67. The van der Waals surface area contributed by atoms with Crippen molar-refractivity contribution in [1.82, 2.24) is 4.72 Å². The van der Waals surface area contributed by atoms with Crippen molar-refractivity contribution >= 4 is 9.92 Å². The molecule has 1 aliphatic carbocycles. The van der Waals surface area contributed by atoms with Crippen molar-refractivity contribution in [2.24, 2.45) is 0 Å². The number of nitrogens with one attached hydrogen (secondary N) is 2. The molecule has 1 saturated carbocycles. The molecule has 11 heavy (non-hydrogen) atoms. The van der Waals surface area contributed by atoms with E-state index in [1.165, 1.54) is 0 Å². The van der Waals surface area contributed by atoms with Crippen LogP contribution in [0.1, 0.15) is 33.6 Å². The van der Waals surface area contributed by atoms with Crippen molar-refractivity contribution in [1.29, 1.82) is 4.78 Å². The maximum absolute atomic E-state index is 11.6. The third-order valence-electron chi connectivity index (χ3n) is 1.77. The molecule has 0 aromatic carbocycles. The fraction of sp³-hybridized carbons (Fsp3) is 1.00. The van der Waals surface area contributed by atoms with Crippen LogP contribution >= 0.6 is 0 Å². The van der Waals surface area contributed by atoms with E-state index in [4.69, 9.17) is 4.78 Å². The van der Waals surface area contributed by atoms with Gasteiger partial charge >= 0.3 is 0 Å². The second-order valence-corrected chi connectivity index (χ2v) is 6.63. The van der Waals surface area contributed by atoms with Crippen LogP contribution in [0.3, 0.4) is 0 Å². The summed E-state index contributed by atoms with van der Waals surface area (Å²) in [7, 11) is -2.58. The topological polar surface area (TPSA) is 53.0 Å². The van der Waals surface area contributed by atoms with Gasteiger partial charge in [0.25, 0.3) is 0 Å². The Balaban J connectivity index is 2.65. The highest BCUT2D eigenvalue weighted by Gasteiger charge is 2.31. The van der Waals surface area contributed by atoms with Gasteiger partial charge in [0.2, 0.25) is 0 Å². The Labute approximate surface area is 68.7 Å². The molecule has 0 aromatic heterocycles. The molecule has 1 atom stereocenters. The summed E-state index contributed by atoms with van der Waals surface area (Å²) in [5.74, 6) is 0. The summed E-state index contributed by atoms with van der Waals surface area (Å²) in [4.78, 5) is 0. The van der Waals surface area contributed by atoms with Crippen molar-refractivity contribution in [2.45, 2.75) is 44.4 Å². The van der Waals surface area contributed by atoms with Crippen LogP contribution < -0.4 is 4.72 Å². The van der Waals surface area contributed by atoms with Crippen LogP contribution in [0.4, 0.5) is 0 Å². The Bertz CT molecular complexity index is 234. The minimum Gasteiger partial charge on any atom is -0.240 e. The lowest BCUT2D eigenvalue weighted by Crippen LogP contribution is -2.39. The first-order chi connectivity index (χ1) is 4.83. The largest absolute Gasteiger partial charge is 0.240 e. The quantitative estimate of drug-likeness (QED) is 0.658. The number of hydrogen-bond donors (Lipinski definition) is 2. The van der Waals surface area contributed by atoms with Crippen LogP contribution in [0.25, 0.3) is 0 Å². The molecule has 1 aliphatic rings. The molecular formula is C7H16N2OS. The van der Waals surface area contributed by atoms with E-state index in [1.54, 1.807) is 0 Å². The summed E-state index contributed by atoms with van der Waals surface area (Å²) in [5.41, 5.74) is 0. The fourth-order valence-electron chi connectivity index (χ4n) is 0.613. The summed E-state index contributed by atoms with van der Waals surface area (Å²) < 4.78 is 21.6. The molecule has 4 heteroatoms. The Morgan fingerprint density at radius 3 is 2.18 bits per heavy atom. The van der Waals surface area contributed by atoms with Gasteiger partial charge in [-0.1, -0.05) is 0 Å². The van der Waals surface area contributed by atoms with Gasteiger partial charge in [-0.3, -0.25) is 0 Å². The Morgan fingerprint density at radius 2 is 1.91 bits per heavy atom. The summed E-state index contributed by atoms with van der Waals surface area (Å²) in [6.45, 7) is 5.49. The van der Waals surface area contributed by atoms with Crippen molar-refractivity contribution < 1.29 is 4.21 Å². The van der Waals surface area contributed by atoms with Crippen LogP contribution in [0.15, 0.2) is 0 Å². The predicted octanol–water partition coefficient (Wildman–Crippen LogP) is 1.50. The third-order valence-corrected chi connectivity index (χ3v) is 4.16. The molecule has 0 amide bonds. The van der Waals surface area contributed by atoms with E-state index in [9.17, 15) is 4.21 Å². The normalized spacial score (nSPS) is 24.6. The lowest BCUT2D eigenvalue weighted by molar-refractivity contribution is 0.621. The molecule has 1 rings (SSSR count). The molecule has 1 unspecified atom stereocenters. The first kappa shape index (κ1) is 9.00. The zero-order valence-electron chi connectivity index (χ0n) is 7.31. The molecule has 0 aliphatic heterocycles. The Hall–Kier alpha value is -0.0900. The highest BCUT2D eigenvalue weighted by Crippen LogP contribution is 2.24. The van der Waals surface area contributed by atoms with Crippen LogP contribution in [0.2, 0.25) is 0 Å². The van der Waals surface area contributed by atoms with Gasteiger partial charge in [0.15, 0.2) is 0 Å². The van der Waals surface area contributed by atoms with E-state index in [1.807, 2.05) is 20.8 Å². The van der Waals surface area contributed by atoms with Gasteiger partial charge in [0.05, 0.1) is 4.75 Å². The molecule has 1 fully saturated rings. The molecule has 0 bridgehead atoms. The summed E-state index contributed by atoms with van der Waals surface area (Å²) >= 11 is 0. The smallest absolute Gasteiger partial charge is 0.110 e. The zero-order valence-corrected chi connectivity index (χ0v) is 8.12. The lowest BCUT2D eigenvalue weighted by Gasteiger charge is -2.22. The van der Waals surface area contributed by atoms with Gasteiger partial charge in [-0.15, -0.1) is 0 Å². The second kappa shape index (κ2) is 2.45. The van der Waals surface area contributed by atoms with Crippen LogP contribution in [-0.4, -0.2) is 15.0 Å². The molecule has 0 aromatic rings. The summed E-state index contributed by atoms with van der Waals surface area (Å²) in [6.07, 6.45) is 2.15. The lowest BCUT2D eigenvalue weighted by atomic mass is 10.3. The van der Waals surface area contributed by atoms with E-state index in [2.05, 4.69) is 4.72 Å². The molecule has 3 nitrogen and oxygen atoms in total. The Kier molecular flexibility index (Phi) is 2.01. The first-order valence-corrected chi connectivity index (χ1v) is 5.44. The van der Waals surface area contributed by atoms with E-state index >= 15 is 0 Å². The molecule has 2 N–H and O–H groups in total. The molecular weight excluding hydrogens is 160 g/mol. The van der Waals surface area contributed by atoms with Crippen LogP contribution in [-0.2, 0) is 9.92 Å². The third kappa shape index (κ3) is 2.17. The zero-order chi connectivity index (χ0) is 8.70. The molecule has 0 saturated heterocycles. The highest BCUT2D eigenvalue weighted by atomic mass is 32.2. The minimum absolute atomic E-state index is 0.347. The monoisotopic (exact) mass is 176 g/mol. The van der Waals surface area contributed by atoms with Gasteiger partial charge in [0.1, 0.15) is 9.92 Å². The summed E-state index contributed by atoms with van der Waals surface area (Å²) in [6, 6.07) is 0.347. The number of hydrogen-bond acceptors (Lipinski definition) is 2. The standard InChI is InChI=1S/C7H16N2OS/c1-7(2,3)11(8,10)9-6-4-5-6/h6H,4-5H2,1-3H3,(H2,8,9,10). The van der Waals surface area contributed by atoms with E-state index in [0.717, 1.165) is 12.8 Å². The van der Waals surface area contributed by atoms with Gasteiger partial charge in [-0.05, 0) is 33.6 Å². The molecule has 0 spiro atoms. The van der Waals surface area contributed by atoms with Gasteiger partial charge < -0.3 is 0 Å². The van der Waals surface area contributed by atoms with Crippen molar-refractivity contribution in [2.75, 3.05) is 0 Å². The summed E-state index contributed by atoms with van der Waals surface area (Å²) in [5, 5.41) is 0. The first-order valence-electron chi connectivity index (χ1n) is 3.88. The second-order valence-electron chi connectivity index (χ2n) is 4.06. The highest BCUT2D eigenvalue weighted by molar-refractivity contribution is 7.91. The van der Waals surface area contributed by atoms with E-state index < -0.39 is 14.7 Å². The van der Waals surface area contributed by atoms with Crippen LogP contribution in [0, 0.1) is 4.78 Å². The van der Waals surface area contributed by atoms with E-state index in [0.29, 0.717) is 6.04 Å². The number of rotatable bonds is 2. The maximum atomic E-state index is 11.6. The van der Waals surface area contributed by atoms with Gasteiger partial charge in [0, 0.05) is 6.04 Å². The average Bonchev–Trinajstić information content (AvgIpc) is 2.45. The Morgan fingerprint density at radius 1 is 1.45 bits per heavy atom. The molecule has 0 heterocycles. The predicted molar refractivity (Wildman–Crippen MR) is 46.8 cm³/mol. The van der Waals surface area contributed by atoms with Gasteiger partial charge in [-0.25, -0.2) is 13.7 Å². The van der Waals surface area contributed by atoms with Gasteiger partial charge in [-0.2, -0.15) is 0 Å². The average molecular weight is 176 g/mol.